The summed E-state index contributed by atoms with van der Waals surface area (Å²) in [5.74, 6) is 3.02. The predicted octanol–water partition coefficient (Wildman–Crippen LogP) is 2.72. The highest BCUT2D eigenvalue weighted by Gasteiger charge is 2.08. The molecule has 0 aromatic heterocycles. The van der Waals surface area contributed by atoms with Crippen LogP contribution in [0.5, 0.6) is 5.75 Å². The van der Waals surface area contributed by atoms with E-state index < -0.39 is 6.10 Å². The van der Waals surface area contributed by atoms with E-state index in [1.807, 2.05) is 23.9 Å². The van der Waals surface area contributed by atoms with Gasteiger partial charge in [0.25, 0.3) is 0 Å². The van der Waals surface area contributed by atoms with Gasteiger partial charge in [-0.3, -0.25) is 0 Å². The molecule has 0 amide bonds. The van der Waals surface area contributed by atoms with E-state index in [-0.39, 0.29) is 0 Å². The van der Waals surface area contributed by atoms with E-state index in [1.54, 1.807) is 0 Å². The van der Waals surface area contributed by atoms with Gasteiger partial charge < -0.3 is 15.2 Å². The summed E-state index contributed by atoms with van der Waals surface area (Å²) >= 11 is 1.91. The largest absolute Gasteiger partial charge is 0.491 e. The van der Waals surface area contributed by atoms with Crippen LogP contribution in [0.15, 0.2) is 24.3 Å². The molecule has 0 saturated heterocycles. The fourth-order valence-corrected chi connectivity index (χ4v) is 2.47. The normalized spacial score (nSPS) is 14.0. The van der Waals surface area contributed by atoms with E-state index in [9.17, 15) is 5.11 Å². The van der Waals surface area contributed by atoms with Gasteiger partial charge in [-0.1, -0.05) is 26.0 Å². The summed E-state index contributed by atoms with van der Waals surface area (Å²) in [6.07, 6.45) is 0.551. The fourth-order valence-electron chi connectivity index (χ4n) is 1.76. The van der Waals surface area contributed by atoms with E-state index in [2.05, 4.69) is 38.2 Å². The van der Waals surface area contributed by atoms with Crippen LogP contribution in [-0.2, 0) is 6.42 Å². The summed E-state index contributed by atoms with van der Waals surface area (Å²) in [6.45, 7) is 7.32. The van der Waals surface area contributed by atoms with E-state index in [0.717, 1.165) is 23.7 Å². The van der Waals surface area contributed by atoms with Crippen molar-refractivity contribution < 1.29 is 9.84 Å². The van der Waals surface area contributed by atoms with Crippen molar-refractivity contribution in [1.82, 2.24) is 5.32 Å². The lowest BCUT2D eigenvalue weighted by molar-refractivity contribution is 0.105. The monoisotopic (exact) mass is 297 g/mol. The number of hydrogen-bond donors (Lipinski definition) is 2. The Bertz CT molecular complexity index is 356. The predicted molar refractivity (Wildman–Crippen MR) is 87.8 cm³/mol. The number of rotatable bonds is 10. The molecular formula is C16H27NO2S. The summed E-state index contributed by atoms with van der Waals surface area (Å²) in [7, 11) is 0. The van der Waals surface area contributed by atoms with E-state index in [4.69, 9.17) is 4.74 Å². The summed E-state index contributed by atoms with van der Waals surface area (Å²) in [5.41, 5.74) is 1.29. The summed E-state index contributed by atoms with van der Waals surface area (Å²) in [6, 6.07) is 8.45. The summed E-state index contributed by atoms with van der Waals surface area (Å²) < 4.78 is 5.59. The first-order chi connectivity index (χ1) is 9.65. The molecule has 4 heteroatoms. The van der Waals surface area contributed by atoms with Gasteiger partial charge in [0.1, 0.15) is 18.5 Å². The second-order valence-corrected chi connectivity index (χ2v) is 6.25. The van der Waals surface area contributed by atoms with Crippen molar-refractivity contribution in [3.8, 4) is 5.75 Å². The van der Waals surface area contributed by atoms with Crippen LogP contribution in [-0.4, -0.2) is 41.9 Å². The maximum absolute atomic E-state index is 9.89. The minimum atomic E-state index is -0.477. The second-order valence-electron chi connectivity index (χ2n) is 4.93. The zero-order valence-electron chi connectivity index (χ0n) is 12.8. The Labute approximate surface area is 127 Å². The fraction of sp³-hybridized carbons (Fsp3) is 0.625. The van der Waals surface area contributed by atoms with Crippen molar-refractivity contribution in [3.63, 3.8) is 0 Å². The number of thioether (sulfide) groups is 1. The van der Waals surface area contributed by atoms with Crippen LogP contribution >= 0.6 is 11.8 Å². The number of hydrogen-bond acceptors (Lipinski definition) is 4. The van der Waals surface area contributed by atoms with Gasteiger partial charge in [0, 0.05) is 18.3 Å². The molecule has 114 valence electrons. The third-order valence-electron chi connectivity index (χ3n) is 3.05. The molecule has 0 bridgehead atoms. The molecule has 0 aliphatic carbocycles. The van der Waals surface area contributed by atoms with Gasteiger partial charge in [0.05, 0.1) is 0 Å². The Kier molecular flexibility index (Phi) is 8.74. The van der Waals surface area contributed by atoms with Crippen LogP contribution in [0.25, 0.3) is 0 Å². The van der Waals surface area contributed by atoms with Crippen molar-refractivity contribution in [1.29, 1.82) is 0 Å². The molecule has 3 nitrogen and oxygen atoms in total. The van der Waals surface area contributed by atoms with Crippen LogP contribution in [0, 0.1) is 0 Å². The van der Waals surface area contributed by atoms with E-state index in [1.165, 1.54) is 5.56 Å². The highest BCUT2D eigenvalue weighted by Crippen LogP contribution is 2.12. The van der Waals surface area contributed by atoms with Gasteiger partial charge in [0.2, 0.25) is 0 Å². The molecule has 1 aromatic carbocycles. The van der Waals surface area contributed by atoms with Gasteiger partial charge in [-0.25, -0.2) is 0 Å². The molecule has 1 rings (SSSR count). The Morgan fingerprint density at radius 3 is 2.55 bits per heavy atom. The number of aryl methyl sites for hydroxylation is 1. The molecule has 0 fully saturated rings. The molecule has 2 unspecified atom stereocenters. The smallest absolute Gasteiger partial charge is 0.119 e. The maximum atomic E-state index is 9.89. The molecule has 2 N–H and O–H groups in total. The van der Waals surface area contributed by atoms with Crippen molar-refractivity contribution in [2.45, 2.75) is 39.3 Å². The standard InChI is InChI=1S/C16H27NO2S/c1-4-14-6-8-16(9-7-14)19-11-15(18)10-17-13(3)12-20-5-2/h6-9,13,15,17-18H,4-5,10-12H2,1-3H3. The van der Waals surface area contributed by atoms with Crippen molar-refractivity contribution in [2.75, 3.05) is 24.7 Å². The summed E-state index contributed by atoms with van der Waals surface area (Å²) in [5, 5.41) is 13.2. The number of benzene rings is 1. The van der Waals surface area contributed by atoms with Crippen LogP contribution in [0.3, 0.4) is 0 Å². The highest BCUT2D eigenvalue weighted by molar-refractivity contribution is 7.99. The topological polar surface area (TPSA) is 41.5 Å². The third kappa shape index (κ3) is 7.17. The molecule has 0 aliphatic rings. The second kappa shape index (κ2) is 10.1. The molecule has 0 spiro atoms. The lowest BCUT2D eigenvalue weighted by Crippen LogP contribution is -2.37. The van der Waals surface area contributed by atoms with Crippen molar-refractivity contribution >= 4 is 11.8 Å². The first-order valence-electron chi connectivity index (χ1n) is 7.36. The van der Waals surface area contributed by atoms with Gasteiger partial charge in [0.15, 0.2) is 0 Å². The van der Waals surface area contributed by atoms with Gasteiger partial charge in [-0.2, -0.15) is 11.8 Å². The van der Waals surface area contributed by atoms with Crippen molar-refractivity contribution in [2.24, 2.45) is 0 Å². The first-order valence-corrected chi connectivity index (χ1v) is 8.52. The molecule has 0 saturated carbocycles. The SMILES string of the molecule is CCSCC(C)NCC(O)COc1ccc(CC)cc1. The van der Waals surface area contributed by atoms with E-state index in [0.29, 0.717) is 19.2 Å². The third-order valence-corrected chi connectivity index (χ3v) is 4.19. The van der Waals surface area contributed by atoms with Gasteiger partial charge >= 0.3 is 0 Å². The maximum Gasteiger partial charge on any atom is 0.119 e. The average Bonchev–Trinajstić information content (AvgIpc) is 2.49. The Hall–Kier alpha value is -0.710. The van der Waals surface area contributed by atoms with Crippen LogP contribution in [0.2, 0.25) is 0 Å². The molecule has 0 aliphatic heterocycles. The molecular weight excluding hydrogens is 270 g/mol. The lowest BCUT2D eigenvalue weighted by Gasteiger charge is -2.17. The Morgan fingerprint density at radius 1 is 1.25 bits per heavy atom. The summed E-state index contributed by atoms with van der Waals surface area (Å²) in [4.78, 5) is 0. The van der Waals surface area contributed by atoms with E-state index >= 15 is 0 Å². The van der Waals surface area contributed by atoms with Gasteiger partial charge in [-0.15, -0.1) is 0 Å². The lowest BCUT2D eigenvalue weighted by atomic mass is 10.2. The molecule has 1 aromatic rings. The minimum Gasteiger partial charge on any atom is -0.491 e. The first kappa shape index (κ1) is 17.3. The molecule has 20 heavy (non-hydrogen) atoms. The Morgan fingerprint density at radius 2 is 1.95 bits per heavy atom. The van der Waals surface area contributed by atoms with Crippen LogP contribution in [0.4, 0.5) is 0 Å². The Balaban J connectivity index is 2.20. The number of aliphatic hydroxyl groups is 1. The molecule has 0 heterocycles. The van der Waals surface area contributed by atoms with Crippen molar-refractivity contribution in [3.05, 3.63) is 29.8 Å². The van der Waals surface area contributed by atoms with Gasteiger partial charge in [-0.05, 0) is 36.8 Å². The van der Waals surface area contributed by atoms with Crippen LogP contribution in [0.1, 0.15) is 26.3 Å². The quantitative estimate of drug-likeness (QED) is 0.697. The average molecular weight is 297 g/mol. The zero-order chi connectivity index (χ0) is 14.8. The molecule has 0 radical (unpaired) electrons. The zero-order valence-corrected chi connectivity index (χ0v) is 13.6. The molecule has 2 atom stereocenters. The van der Waals surface area contributed by atoms with Crippen LogP contribution < -0.4 is 10.1 Å². The minimum absolute atomic E-state index is 0.326. The number of ether oxygens (including phenoxy) is 1. The number of aliphatic hydroxyl groups excluding tert-OH is 1. The highest BCUT2D eigenvalue weighted by atomic mass is 32.2. The number of nitrogens with one attached hydrogen (secondary N) is 1.